The summed E-state index contributed by atoms with van der Waals surface area (Å²) in [5.41, 5.74) is 3.71. The van der Waals surface area contributed by atoms with Crippen molar-refractivity contribution in [3.05, 3.63) is 43.0 Å². The number of hydrogen-bond donors (Lipinski definition) is 2. The number of H-pyrrole nitrogens is 1. The molecule has 2 N–H and O–H groups in total. The fraction of sp³-hybridized carbons (Fsp3) is 0.125. The first-order chi connectivity index (χ1) is 12.0. The summed E-state index contributed by atoms with van der Waals surface area (Å²) in [4.78, 5) is 19.5. The minimum absolute atomic E-state index is 0.0809. The van der Waals surface area contributed by atoms with Crippen molar-refractivity contribution in [2.45, 2.75) is 6.18 Å². The highest BCUT2D eigenvalue weighted by atomic mass is 19.4. The van der Waals surface area contributed by atoms with E-state index in [0.29, 0.717) is 11.0 Å². The molecule has 0 aliphatic heterocycles. The molecule has 0 unspecified atom stereocenters. The van der Waals surface area contributed by atoms with Crippen LogP contribution >= 0.6 is 0 Å². The summed E-state index contributed by atoms with van der Waals surface area (Å²) in [5, 5.41) is 2.87. The number of alkyl halides is 3. The van der Waals surface area contributed by atoms with Crippen LogP contribution in [0.3, 0.4) is 0 Å². The molecule has 1 aromatic carbocycles. The molecule has 0 radical (unpaired) electrons. The van der Waals surface area contributed by atoms with Crippen LogP contribution < -0.4 is 5.32 Å². The van der Waals surface area contributed by atoms with Gasteiger partial charge >= 0.3 is 6.18 Å². The molecule has 6 nitrogen and oxygen atoms in total. The lowest BCUT2D eigenvalue weighted by atomic mass is 10.1. The molecular weight excluding hydrogens is 333 g/mol. The van der Waals surface area contributed by atoms with Crippen molar-refractivity contribution in [3.63, 3.8) is 0 Å². The van der Waals surface area contributed by atoms with E-state index in [1.165, 1.54) is 6.20 Å². The molecule has 0 bridgehead atoms. The lowest BCUT2D eigenvalue weighted by Gasteiger charge is -2.07. The van der Waals surface area contributed by atoms with E-state index in [1.807, 2.05) is 18.2 Å². The number of aromatic nitrogens is 5. The van der Waals surface area contributed by atoms with Gasteiger partial charge < -0.3 is 10.3 Å². The summed E-state index contributed by atoms with van der Waals surface area (Å²) in [7, 11) is 0. The number of nitrogens with one attached hydrogen (secondary N) is 2. The Morgan fingerprint density at radius 3 is 2.64 bits per heavy atom. The van der Waals surface area contributed by atoms with Gasteiger partial charge in [-0.25, -0.2) is 4.98 Å². The summed E-state index contributed by atoms with van der Waals surface area (Å²) in [6.07, 6.45) is 2.14. The number of hydrogen-bond acceptors (Lipinski definition) is 5. The van der Waals surface area contributed by atoms with Crippen molar-refractivity contribution >= 4 is 28.0 Å². The summed E-state index contributed by atoms with van der Waals surface area (Å²) in [6.45, 7) is -1.19. The van der Waals surface area contributed by atoms with Crippen molar-refractivity contribution in [1.29, 1.82) is 0 Å². The average Bonchev–Trinajstić information content (AvgIpc) is 3.02. The lowest BCUT2D eigenvalue weighted by molar-refractivity contribution is -0.115. The van der Waals surface area contributed by atoms with E-state index >= 15 is 0 Å². The average molecular weight is 344 g/mol. The molecule has 4 rings (SSSR count). The Morgan fingerprint density at radius 1 is 1.04 bits per heavy atom. The number of benzene rings is 1. The number of anilines is 1. The highest BCUT2D eigenvalue weighted by Gasteiger charge is 2.27. The highest BCUT2D eigenvalue weighted by Crippen LogP contribution is 2.29. The number of aromatic amines is 1. The Morgan fingerprint density at radius 2 is 1.84 bits per heavy atom. The van der Waals surface area contributed by atoms with Crippen molar-refractivity contribution in [2.75, 3.05) is 11.9 Å². The van der Waals surface area contributed by atoms with Crippen LogP contribution in [-0.4, -0.2) is 37.6 Å². The fourth-order valence-electron chi connectivity index (χ4n) is 2.54. The van der Waals surface area contributed by atoms with E-state index < -0.39 is 12.7 Å². The highest BCUT2D eigenvalue weighted by molar-refractivity contribution is 5.95. The van der Waals surface area contributed by atoms with E-state index in [4.69, 9.17) is 0 Å². The first kappa shape index (κ1) is 15.3. The summed E-state index contributed by atoms with van der Waals surface area (Å²) in [6, 6.07) is 5.65. The Bertz CT molecular complexity index is 1060. The van der Waals surface area contributed by atoms with Gasteiger partial charge in [0.2, 0.25) is 5.95 Å². The van der Waals surface area contributed by atoms with Crippen LogP contribution in [0.1, 0.15) is 0 Å². The molecule has 0 saturated heterocycles. The lowest BCUT2D eigenvalue weighted by Crippen LogP contribution is -2.22. The smallest absolute Gasteiger partial charge is 0.345 e. The number of halogens is 3. The SMILES string of the molecule is FC(F)(F)CNc1ncc2c(-c3ccc4nccnc4c3)c[nH]c2n1. The van der Waals surface area contributed by atoms with Crippen LogP contribution in [0.15, 0.2) is 43.0 Å². The van der Waals surface area contributed by atoms with Crippen LogP contribution in [0.5, 0.6) is 0 Å². The summed E-state index contributed by atoms with van der Waals surface area (Å²) >= 11 is 0. The van der Waals surface area contributed by atoms with Crippen LogP contribution in [0.25, 0.3) is 33.2 Å². The van der Waals surface area contributed by atoms with Gasteiger partial charge in [-0.05, 0) is 17.7 Å². The third-order valence-corrected chi connectivity index (χ3v) is 3.66. The number of fused-ring (bicyclic) bond motifs is 2. The maximum atomic E-state index is 12.3. The zero-order valence-electron chi connectivity index (χ0n) is 12.7. The van der Waals surface area contributed by atoms with Gasteiger partial charge in [0.25, 0.3) is 0 Å². The monoisotopic (exact) mass is 344 g/mol. The Balaban J connectivity index is 1.70. The van der Waals surface area contributed by atoms with Gasteiger partial charge in [0, 0.05) is 35.7 Å². The van der Waals surface area contributed by atoms with E-state index in [9.17, 15) is 13.2 Å². The van der Waals surface area contributed by atoms with Crippen molar-refractivity contribution < 1.29 is 13.2 Å². The zero-order valence-corrected chi connectivity index (χ0v) is 12.7. The molecule has 0 aliphatic rings. The molecule has 9 heteroatoms. The van der Waals surface area contributed by atoms with Crippen LogP contribution in [0.4, 0.5) is 19.1 Å². The first-order valence-corrected chi connectivity index (χ1v) is 7.35. The maximum absolute atomic E-state index is 12.3. The Kier molecular flexibility index (Phi) is 3.48. The molecule has 3 aromatic heterocycles. The molecule has 4 aromatic rings. The maximum Gasteiger partial charge on any atom is 0.405 e. The van der Waals surface area contributed by atoms with E-state index in [-0.39, 0.29) is 5.95 Å². The molecule has 126 valence electrons. The molecule has 0 atom stereocenters. The van der Waals surface area contributed by atoms with Gasteiger partial charge in [-0.15, -0.1) is 0 Å². The third kappa shape index (κ3) is 3.08. The van der Waals surface area contributed by atoms with Gasteiger partial charge in [-0.2, -0.15) is 18.2 Å². The van der Waals surface area contributed by atoms with Crippen LogP contribution in [0, 0.1) is 0 Å². The predicted octanol–water partition coefficient (Wildman–Crippen LogP) is 3.54. The van der Waals surface area contributed by atoms with Crippen molar-refractivity contribution in [3.8, 4) is 11.1 Å². The van der Waals surface area contributed by atoms with Gasteiger partial charge in [-0.3, -0.25) is 9.97 Å². The fourth-order valence-corrected chi connectivity index (χ4v) is 2.54. The van der Waals surface area contributed by atoms with Crippen molar-refractivity contribution in [2.24, 2.45) is 0 Å². The van der Waals surface area contributed by atoms with E-state index in [2.05, 4.69) is 30.2 Å². The van der Waals surface area contributed by atoms with Gasteiger partial charge in [-0.1, -0.05) is 6.07 Å². The summed E-state index contributed by atoms with van der Waals surface area (Å²) < 4.78 is 36.8. The summed E-state index contributed by atoms with van der Waals surface area (Å²) in [5.74, 6) is -0.0809. The van der Waals surface area contributed by atoms with Gasteiger partial charge in [0.15, 0.2) is 0 Å². The number of rotatable bonds is 3. The second kappa shape index (κ2) is 5.69. The van der Waals surface area contributed by atoms with Crippen molar-refractivity contribution in [1.82, 2.24) is 24.9 Å². The first-order valence-electron chi connectivity index (χ1n) is 7.35. The number of nitrogens with zero attached hydrogens (tertiary/aromatic N) is 4. The Hall–Kier alpha value is -3.23. The molecule has 25 heavy (non-hydrogen) atoms. The molecule has 0 spiro atoms. The second-order valence-electron chi connectivity index (χ2n) is 5.39. The second-order valence-corrected chi connectivity index (χ2v) is 5.39. The van der Waals surface area contributed by atoms with E-state index in [1.54, 1.807) is 18.6 Å². The Labute approximate surface area is 139 Å². The van der Waals surface area contributed by atoms with Crippen LogP contribution in [-0.2, 0) is 0 Å². The van der Waals surface area contributed by atoms with Gasteiger partial charge in [0.05, 0.1) is 11.0 Å². The molecule has 0 aliphatic carbocycles. The normalized spacial score (nSPS) is 12.0. The van der Waals surface area contributed by atoms with E-state index in [0.717, 1.165) is 22.2 Å². The largest absolute Gasteiger partial charge is 0.405 e. The molecule has 0 saturated carbocycles. The zero-order chi connectivity index (χ0) is 17.4. The van der Waals surface area contributed by atoms with Gasteiger partial charge in [0.1, 0.15) is 12.2 Å². The topological polar surface area (TPSA) is 79.4 Å². The molecule has 0 fully saturated rings. The predicted molar refractivity (Wildman–Crippen MR) is 87.0 cm³/mol. The minimum Gasteiger partial charge on any atom is -0.345 e. The minimum atomic E-state index is -4.33. The molecule has 3 heterocycles. The molecular formula is C16H11F3N6. The molecule has 0 amide bonds. The van der Waals surface area contributed by atoms with Crippen LogP contribution in [0.2, 0.25) is 0 Å². The quantitative estimate of drug-likeness (QED) is 0.594. The third-order valence-electron chi connectivity index (χ3n) is 3.66. The standard InChI is InChI=1S/C16H11F3N6/c17-16(18,19)8-24-15-23-7-11-10(6-22-14(11)25-15)9-1-2-12-13(5-9)21-4-3-20-12/h1-7H,8H2,(H2,22,23,24,25).